The van der Waals surface area contributed by atoms with Crippen molar-refractivity contribution in [2.45, 2.75) is 52.1 Å². The molecule has 1 aromatic rings. The Bertz CT molecular complexity index is 313. The largest absolute Gasteiger partial charge is 0.310 e. The first-order chi connectivity index (χ1) is 7.77. The number of aromatic nitrogens is 3. The Morgan fingerprint density at radius 1 is 1.44 bits per heavy atom. The number of nitrogens with one attached hydrogen (secondary N) is 1. The molecule has 90 valence electrons. The second-order valence-electron chi connectivity index (χ2n) is 5.00. The maximum absolute atomic E-state index is 4.29. The van der Waals surface area contributed by atoms with Crippen LogP contribution >= 0.6 is 0 Å². The first kappa shape index (κ1) is 11.6. The molecule has 1 aromatic heterocycles. The van der Waals surface area contributed by atoms with Gasteiger partial charge < -0.3 is 5.32 Å². The van der Waals surface area contributed by atoms with Crippen LogP contribution in [0.5, 0.6) is 0 Å². The molecule has 1 saturated carbocycles. The molecule has 1 aliphatic carbocycles. The average molecular weight is 222 g/mol. The van der Waals surface area contributed by atoms with Crippen molar-refractivity contribution in [3.8, 4) is 0 Å². The molecule has 0 saturated heterocycles. The Kier molecular flexibility index (Phi) is 3.93. The second-order valence-corrected chi connectivity index (χ2v) is 5.00. The average Bonchev–Trinajstić information content (AvgIpc) is 2.87. The monoisotopic (exact) mass is 222 g/mol. The zero-order chi connectivity index (χ0) is 11.4. The highest BCUT2D eigenvalue weighted by molar-refractivity contribution is 4.86. The van der Waals surface area contributed by atoms with Gasteiger partial charge in [0, 0.05) is 6.04 Å². The lowest BCUT2D eigenvalue weighted by Crippen LogP contribution is -2.23. The van der Waals surface area contributed by atoms with Gasteiger partial charge in [-0.3, -0.25) is 0 Å². The van der Waals surface area contributed by atoms with Crippen LogP contribution in [0.3, 0.4) is 0 Å². The van der Waals surface area contributed by atoms with E-state index < -0.39 is 0 Å². The molecule has 1 aliphatic rings. The topological polar surface area (TPSA) is 42.7 Å². The summed E-state index contributed by atoms with van der Waals surface area (Å²) in [5, 5.41) is 7.73. The SMILES string of the molecule is CC(C)n1ncnc1CNCC1CCCC1. The number of hydrogen-bond donors (Lipinski definition) is 1. The van der Waals surface area contributed by atoms with Crippen LogP contribution in [0.25, 0.3) is 0 Å². The Hall–Kier alpha value is -0.900. The predicted molar refractivity (Wildman–Crippen MR) is 64.1 cm³/mol. The molecule has 0 spiro atoms. The van der Waals surface area contributed by atoms with Crippen molar-refractivity contribution in [2.75, 3.05) is 6.54 Å². The maximum Gasteiger partial charge on any atom is 0.141 e. The van der Waals surface area contributed by atoms with Crippen LogP contribution in [0.15, 0.2) is 6.33 Å². The summed E-state index contributed by atoms with van der Waals surface area (Å²) >= 11 is 0. The van der Waals surface area contributed by atoms with Crippen LogP contribution in [-0.4, -0.2) is 21.3 Å². The Labute approximate surface area is 97.5 Å². The van der Waals surface area contributed by atoms with Crippen LogP contribution in [0.2, 0.25) is 0 Å². The fourth-order valence-corrected chi connectivity index (χ4v) is 2.43. The van der Waals surface area contributed by atoms with Gasteiger partial charge in [-0.05, 0) is 39.2 Å². The molecule has 2 rings (SSSR count). The Morgan fingerprint density at radius 3 is 2.88 bits per heavy atom. The molecule has 0 bridgehead atoms. The van der Waals surface area contributed by atoms with E-state index in [-0.39, 0.29) is 0 Å². The summed E-state index contributed by atoms with van der Waals surface area (Å²) in [6.07, 6.45) is 7.25. The lowest BCUT2D eigenvalue weighted by molar-refractivity contribution is 0.455. The lowest BCUT2D eigenvalue weighted by atomic mass is 10.1. The third kappa shape index (κ3) is 2.82. The molecule has 1 heterocycles. The Balaban J connectivity index is 1.78. The summed E-state index contributed by atoms with van der Waals surface area (Å²) in [5.74, 6) is 1.93. The van der Waals surface area contributed by atoms with Crippen LogP contribution in [0, 0.1) is 5.92 Å². The van der Waals surface area contributed by atoms with Crippen molar-refractivity contribution in [3.05, 3.63) is 12.2 Å². The highest BCUT2D eigenvalue weighted by atomic mass is 15.3. The molecule has 0 amide bonds. The minimum absolute atomic E-state index is 0.394. The van der Waals surface area contributed by atoms with Crippen LogP contribution in [0.4, 0.5) is 0 Å². The van der Waals surface area contributed by atoms with Crippen molar-refractivity contribution in [1.82, 2.24) is 20.1 Å². The first-order valence-electron chi connectivity index (χ1n) is 6.36. The smallest absolute Gasteiger partial charge is 0.141 e. The van der Waals surface area contributed by atoms with Crippen LogP contribution in [-0.2, 0) is 6.54 Å². The van der Waals surface area contributed by atoms with Gasteiger partial charge in [-0.15, -0.1) is 0 Å². The van der Waals surface area contributed by atoms with E-state index in [0.717, 1.165) is 24.8 Å². The van der Waals surface area contributed by atoms with Crippen molar-refractivity contribution >= 4 is 0 Å². The molecule has 4 heteroatoms. The fraction of sp³-hybridized carbons (Fsp3) is 0.833. The lowest BCUT2D eigenvalue weighted by Gasteiger charge is -2.12. The Morgan fingerprint density at radius 2 is 2.19 bits per heavy atom. The molecule has 1 fully saturated rings. The van der Waals surface area contributed by atoms with Gasteiger partial charge in [-0.2, -0.15) is 5.10 Å². The number of nitrogens with zero attached hydrogens (tertiary/aromatic N) is 3. The quantitative estimate of drug-likeness (QED) is 0.830. The van der Waals surface area contributed by atoms with E-state index in [0.29, 0.717) is 6.04 Å². The molecule has 0 radical (unpaired) electrons. The molecule has 0 atom stereocenters. The van der Waals surface area contributed by atoms with Crippen molar-refractivity contribution in [3.63, 3.8) is 0 Å². The van der Waals surface area contributed by atoms with Crippen LogP contribution in [0.1, 0.15) is 51.4 Å². The fourth-order valence-electron chi connectivity index (χ4n) is 2.43. The van der Waals surface area contributed by atoms with Gasteiger partial charge in [-0.25, -0.2) is 9.67 Å². The van der Waals surface area contributed by atoms with Crippen molar-refractivity contribution in [2.24, 2.45) is 5.92 Å². The molecular formula is C12H22N4. The summed E-state index contributed by atoms with van der Waals surface area (Å²) in [6, 6.07) is 0.394. The molecular weight excluding hydrogens is 200 g/mol. The minimum atomic E-state index is 0.394. The normalized spacial score (nSPS) is 17.4. The highest BCUT2D eigenvalue weighted by Gasteiger charge is 2.14. The van der Waals surface area contributed by atoms with Crippen molar-refractivity contribution in [1.29, 1.82) is 0 Å². The van der Waals surface area contributed by atoms with E-state index in [1.807, 2.05) is 4.68 Å². The van der Waals surface area contributed by atoms with Crippen molar-refractivity contribution < 1.29 is 0 Å². The van der Waals surface area contributed by atoms with Crippen LogP contribution < -0.4 is 5.32 Å². The predicted octanol–water partition coefficient (Wildman–Crippen LogP) is 2.14. The van der Waals surface area contributed by atoms with E-state index in [1.54, 1.807) is 6.33 Å². The van der Waals surface area contributed by atoms with Gasteiger partial charge in [0.25, 0.3) is 0 Å². The molecule has 0 unspecified atom stereocenters. The minimum Gasteiger partial charge on any atom is -0.310 e. The van der Waals surface area contributed by atoms with E-state index >= 15 is 0 Å². The summed E-state index contributed by atoms with van der Waals surface area (Å²) in [7, 11) is 0. The second kappa shape index (κ2) is 5.43. The number of hydrogen-bond acceptors (Lipinski definition) is 3. The third-order valence-corrected chi connectivity index (χ3v) is 3.33. The van der Waals surface area contributed by atoms with Gasteiger partial charge in [-0.1, -0.05) is 12.8 Å². The maximum atomic E-state index is 4.29. The molecule has 1 N–H and O–H groups in total. The zero-order valence-corrected chi connectivity index (χ0v) is 10.3. The first-order valence-corrected chi connectivity index (χ1v) is 6.36. The van der Waals surface area contributed by atoms with E-state index in [2.05, 4.69) is 29.2 Å². The van der Waals surface area contributed by atoms with Gasteiger partial charge in [0.05, 0.1) is 6.54 Å². The summed E-state index contributed by atoms with van der Waals surface area (Å²) in [4.78, 5) is 4.29. The van der Waals surface area contributed by atoms with Gasteiger partial charge in [0.2, 0.25) is 0 Å². The zero-order valence-electron chi connectivity index (χ0n) is 10.3. The summed E-state index contributed by atoms with van der Waals surface area (Å²) in [5.41, 5.74) is 0. The van der Waals surface area contributed by atoms with E-state index in [9.17, 15) is 0 Å². The highest BCUT2D eigenvalue weighted by Crippen LogP contribution is 2.23. The summed E-state index contributed by atoms with van der Waals surface area (Å²) < 4.78 is 1.99. The van der Waals surface area contributed by atoms with Gasteiger partial charge in [0.1, 0.15) is 12.2 Å². The molecule has 0 aliphatic heterocycles. The number of rotatable bonds is 5. The molecule has 0 aromatic carbocycles. The molecule has 16 heavy (non-hydrogen) atoms. The van der Waals surface area contributed by atoms with E-state index in [4.69, 9.17) is 0 Å². The molecule has 4 nitrogen and oxygen atoms in total. The van der Waals surface area contributed by atoms with E-state index in [1.165, 1.54) is 25.7 Å². The third-order valence-electron chi connectivity index (χ3n) is 3.33. The van der Waals surface area contributed by atoms with Gasteiger partial charge >= 0.3 is 0 Å². The standard InChI is InChI=1S/C12H22N4/c1-10(2)16-12(14-9-15-16)8-13-7-11-5-3-4-6-11/h9-11,13H,3-8H2,1-2H3. The van der Waals surface area contributed by atoms with Gasteiger partial charge in [0.15, 0.2) is 0 Å². The summed E-state index contributed by atoms with van der Waals surface area (Å²) in [6.45, 7) is 6.24.